The summed E-state index contributed by atoms with van der Waals surface area (Å²) in [5.74, 6) is 1.41. The normalized spacial score (nSPS) is 15.8. The molecule has 5 rings (SSSR count). The summed E-state index contributed by atoms with van der Waals surface area (Å²) in [7, 11) is 0. The maximum atomic E-state index is 12.7. The Balaban J connectivity index is 1.31. The molecule has 0 radical (unpaired) electrons. The summed E-state index contributed by atoms with van der Waals surface area (Å²) in [6.45, 7) is 6.30. The maximum absolute atomic E-state index is 12.7. The van der Waals surface area contributed by atoms with E-state index in [1.807, 2.05) is 30.3 Å². The molecule has 29 heavy (non-hydrogen) atoms. The van der Waals surface area contributed by atoms with E-state index in [0.29, 0.717) is 23.2 Å². The number of thiazole rings is 1. The summed E-state index contributed by atoms with van der Waals surface area (Å²) in [5, 5.41) is 3.67. The number of fused-ring (bicyclic) bond motifs is 2. The number of carbonyl (C=O) groups is 1. The highest BCUT2D eigenvalue weighted by molar-refractivity contribution is 7.18. The summed E-state index contributed by atoms with van der Waals surface area (Å²) in [5.41, 5.74) is 2.14. The summed E-state index contributed by atoms with van der Waals surface area (Å²) in [6.07, 6.45) is 0.947. The molecule has 6 nitrogen and oxygen atoms in total. The van der Waals surface area contributed by atoms with Gasteiger partial charge >= 0.3 is 0 Å². The van der Waals surface area contributed by atoms with Crippen LogP contribution in [0, 0.1) is 0 Å². The highest BCUT2D eigenvalue weighted by Crippen LogP contribution is 2.37. The summed E-state index contributed by atoms with van der Waals surface area (Å²) >= 11 is 3.05. The predicted molar refractivity (Wildman–Crippen MR) is 115 cm³/mol. The molecule has 150 valence electrons. The van der Waals surface area contributed by atoms with Crippen LogP contribution in [0.4, 0.5) is 5.13 Å². The molecule has 0 aliphatic carbocycles. The first-order valence-corrected chi connectivity index (χ1v) is 11.3. The van der Waals surface area contributed by atoms with Crippen LogP contribution in [0.1, 0.15) is 27.2 Å². The SMILES string of the molecule is CCN1CCc2nc(NC(=O)c3ccc(-c4ccc5c(c4)OCCO5)s3)sc2C1. The molecule has 0 saturated heterocycles. The number of carbonyl (C=O) groups excluding carboxylic acids is 1. The van der Waals surface area contributed by atoms with Gasteiger partial charge in [-0.05, 0) is 42.4 Å². The zero-order valence-corrected chi connectivity index (χ0v) is 17.7. The second-order valence-electron chi connectivity index (χ2n) is 6.98. The number of likely N-dealkylation sites (N-methyl/N-ethyl adjacent to an activating group) is 1. The predicted octanol–water partition coefficient (Wildman–Crippen LogP) is 4.27. The molecule has 1 aromatic carbocycles. The number of nitrogens with zero attached hydrogens (tertiary/aromatic N) is 2. The van der Waals surface area contributed by atoms with E-state index in [4.69, 9.17) is 9.47 Å². The molecule has 0 bridgehead atoms. The molecule has 8 heteroatoms. The Morgan fingerprint density at radius 3 is 2.90 bits per heavy atom. The van der Waals surface area contributed by atoms with Gasteiger partial charge in [-0.2, -0.15) is 0 Å². The van der Waals surface area contributed by atoms with E-state index in [2.05, 4.69) is 22.1 Å². The zero-order chi connectivity index (χ0) is 19.8. The monoisotopic (exact) mass is 427 g/mol. The summed E-state index contributed by atoms with van der Waals surface area (Å²) < 4.78 is 11.2. The van der Waals surface area contributed by atoms with Crippen molar-refractivity contribution < 1.29 is 14.3 Å². The van der Waals surface area contributed by atoms with Crippen molar-refractivity contribution >= 4 is 33.7 Å². The fourth-order valence-electron chi connectivity index (χ4n) is 3.54. The fraction of sp³-hybridized carbons (Fsp3) is 0.333. The minimum absolute atomic E-state index is 0.114. The van der Waals surface area contributed by atoms with E-state index in [9.17, 15) is 4.79 Å². The van der Waals surface area contributed by atoms with Crippen molar-refractivity contribution in [1.82, 2.24) is 9.88 Å². The van der Waals surface area contributed by atoms with Gasteiger partial charge in [-0.15, -0.1) is 22.7 Å². The molecule has 0 saturated carbocycles. The van der Waals surface area contributed by atoms with Crippen LogP contribution in [0.3, 0.4) is 0 Å². The van der Waals surface area contributed by atoms with E-state index < -0.39 is 0 Å². The molecule has 0 spiro atoms. The van der Waals surface area contributed by atoms with Gasteiger partial charge in [0.2, 0.25) is 0 Å². The Morgan fingerprint density at radius 2 is 2.03 bits per heavy atom. The molecule has 1 amide bonds. The number of amides is 1. The number of hydrogen-bond donors (Lipinski definition) is 1. The van der Waals surface area contributed by atoms with Crippen molar-refractivity contribution in [3.63, 3.8) is 0 Å². The van der Waals surface area contributed by atoms with Gasteiger partial charge < -0.3 is 9.47 Å². The van der Waals surface area contributed by atoms with E-state index in [1.54, 1.807) is 11.3 Å². The number of hydrogen-bond acceptors (Lipinski definition) is 7. The van der Waals surface area contributed by atoms with Gasteiger partial charge in [0, 0.05) is 29.3 Å². The van der Waals surface area contributed by atoms with Crippen LogP contribution in [0.25, 0.3) is 10.4 Å². The van der Waals surface area contributed by atoms with Gasteiger partial charge in [0.05, 0.1) is 10.6 Å². The summed E-state index contributed by atoms with van der Waals surface area (Å²) in [6, 6.07) is 9.71. The van der Waals surface area contributed by atoms with Crippen LogP contribution in [-0.4, -0.2) is 42.1 Å². The number of nitrogens with one attached hydrogen (secondary N) is 1. The van der Waals surface area contributed by atoms with E-state index in [1.165, 1.54) is 16.2 Å². The van der Waals surface area contributed by atoms with Crippen molar-refractivity contribution in [2.45, 2.75) is 19.9 Å². The standard InChI is InChI=1S/C21H21N3O3S2/c1-2-24-8-7-14-19(12-24)29-21(22-14)23-20(25)18-6-5-17(28-18)13-3-4-15-16(11-13)27-10-9-26-15/h3-6,11H,2,7-10,12H2,1H3,(H,22,23,25). The Bertz CT molecular complexity index is 1060. The second kappa shape index (κ2) is 7.78. The van der Waals surface area contributed by atoms with Gasteiger partial charge in [0.25, 0.3) is 5.91 Å². The molecule has 2 aliphatic rings. The minimum atomic E-state index is -0.114. The van der Waals surface area contributed by atoms with Gasteiger partial charge in [-0.3, -0.25) is 15.0 Å². The Labute approximate surface area is 177 Å². The topological polar surface area (TPSA) is 63.7 Å². The molecule has 0 unspecified atom stereocenters. The Kier molecular flexibility index (Phi) is 4.99. The number of anilines is 1. The Hall–Kier alpha value is -2.42. The summed E-state index contributed by atoms with van der Waals surface area (Å²) in [4.78, 5) is 22.7. The third-order valence-electron chi connectivity index (χ3n) is 5.13. The highest BCUT2D eigenvalue weighted by atomic mass is 32.1. The fourth-order valence-corrected chi connectivity index (χ4v) is 5.49. The third-order valence-corrected chi connectivity index (χ3v) is 7.27. The smallest absolute Gasteiger partial charge is 0.267 e. The number of ether oxygens (including phenoxy) is 2. The van der Waals surface area contributed by atoms with Crippen molar-refractivity contribution in [3.8, 4) is 21.9 Å². The van der Waals surface area contributed by atoms with Crippen LogP contribution in [0.5, 0.6) is 11.5 Å². The van der Waals surface area contributed by atoms with Crippen LogP contribution in [0.2, 0.25) is 0 Å². The molecule has 0 atom stereocenters. The van der Waals surface area contributed by atoms with Crippen LogP contribution in [-0.2, 0) is 13.0 Å². The lowest BCUT2D eigenvalue weighted by molar-refractivity contribution is 0.103. The van der Waals surface area contributed by atoms with E-state index in [-0.39, 0.29) is 5.91 Å². The van der Waals surface area contributed by atoms with Crippen LogP contribution in [0.15, 0.2) is 30.3 Å². The molecule has 3 aromatic rings. The number of benzene rings is 1. The number of thiophene rings is 1. The quantitative estimate of drug-likeness (QED) is 0.674. The van der Waals surface area contributed by atoms with Crippen molar-refractivity contribution in [3.05, 3.63) is 45.8 Å². The zero-order valence-electron chi connectivity index (χ0n) is 16.1. The van der Waals surface area contributed by atoms with Crippen molar-refractivity contribution in [1.29, 1.82) is 0 Å². The highest BCUT2D eigenvalue weighted by Gasteiger charge is 2.21. The molecule has 2 aliphatic heterocycles. The number of rotatable bonds is 4. The lowest BCUT2D eigenvalue weighted by atomic mass is 10.1. The first-order chi connectivity index (χ1) is 14.2. The van der Waals surface area contributed by atoms with Crippen molar-refractivity contribution in [2.24, 2.45) is 0 Å². The van der Waals surface area contributed by atoms with Gasteiger partial charge in [-0.1, -0.05) is 6.92 Å². The largest absolute Gasteiger partial charge is 0.486 e. The third kappa shape index (κ3) is 3.75. The first-order valence-electron chi connectivity index (χ1n) is 9.72. The van der Waals surface area contributed by atoms with E-state index in [0.717, 1.165) is 53.7 Å². The molecular weight excluding hydrogens is 406 g/mol. The molecule has 1 N–H and O–H groups in total. The molecule has 4 heterocycles. The number of aromatic nitrogens is 1. The molecule has 0 fully saturated rings. The van der Waals surface area contributed by atoms with Gasteiger partial charge in [0.1, 0.15) is 13.2 Å². The lowest BCUT2D eigenvalue weighted by Gasteiger charge is -2.23. The maximum Gasteiger partial charge on any atom is 0.267 e. The van der Waals surface area contributed by atoms with Crippen molar-refractivity contribution in [2.75, 3.05) is 31.6 Å². The molecule has 2 aromatic heterocycles. The van der Waals surface area contributed by atoms with Crippen LogP contribution < -0.4 is 14.8 Å². The average molecular weight is 428 g/mol. The first kappa shape index (κ1) is 18.6. The minimum Gasteiger partial charge on any atom is -0.486 e. The van der Waals surface area contributed by atoms with Gasteiger partial charge in [0.15, 0.2) is 16.6 Å². The van der Waals surface area contributed by atoms with Crippen LogP contribution >= 0.6 is 22.7 Å². The van der Waals surface area contributed by atoms with Gasteiger partial charge in [-0.25, -0.2) is 4.98 Å². The molecular formula is C21H21N3O3S2. The van der Waals surface area contributed by atoms with E-state index >= 15 is 0 Å². The lowest BCUT2D eigenvalue weighted by Crippen LogP contribution is -2.29. The average Bonchev–Trinajstić information content (AvgIpc) is 3.39. The second-order valence-corrected chi connectivity index (χ2v) is 9.15. The Morgan fingerprint density at radius 1 is 1.17 bits per heavy atom.